The molecule has 0 fully saturated rings. The highest BCUT2D eigenvalue weighted by Crippen LogP contribution is 2.17. The third-order valence-corrected chi connectivity index (χ3v) is 1.77. The zero-order chi connectivity index (χ0) is 10.6. The molecule has 1 aromatic carbocycles. The number of amides is 2. The molecule has 0 atom stereocenters. The van der Waals surface area contributed by atoms with Gasteiger partial charge in [0.15, 0.2) is 0 Å². The number of hydrogen-bond acceptors (Lipinski definition) is 2. The standard InChI is InChI=1S/C8H8ClFN2O2/c9-7-3-6(10)2-1-5(7)4-14-12-8(11)13/h1-3H,4H2,(H3,11,12,13). The maximum Gasteiger partial charge on any atom is 0.336 e. The number of carbonyl (C=O) groups is 1. The van der Waals surface area contributed by atoms with Crippen LogP contribution in [-0.4, -0.2) is 6.03 Å². The minimum absolute atomic E-state index is 0.0298. The van der Waals surface area contributed by atoms with Crippen LogP contribution in [0.4, 0.5) is 9.18 Å². The van der Waals surface area contributed by atoms with Crippen molar-refractivity contribution in [2.45, 2.75) is 6.61 Å². The normalized spacial score (nSPS) is 9.86. The number of benzene rings is 1. The number of primary amides is 1. The summed E-state index contributed by atoms with van der Waals surface area (Å²) in [5, 5.41) is 0.233. The van der Waals surface area contributed by atoms with Crippen LogP contribution < -0.4 is 11.2 Å². The molecule has 14 heavy (non-hydrogen) atoms. The zero-order valence-corrected chi connectivity index (χ0v) is 7.84. The lowest BCUT2D eigenvalue weighted by molar-refractivity contribution is 0.0521. The SMILES string of the molecule is NC(=O)NOCc1ccc(F)cc1Cl. The van der Waals surface area contributed by atoms with E-state index in [0.29, 0.717) is 5.56 Å². The van der Waals surface area contributed by atoms with Crippen molar-refractivity contribution >= 4 is 17.6 Å². The summed E-state index contributed by atoms with van der Waals surface area (Å²) in [7, 11) is 0. The lowest BCUT2D eigenvalue weighted by Crippen LogP contribution is -2.29. The van der Waals surface area contributed by atoms with Crippen molar-refractivity contribution in [3.8, 4) is 0 Å². The fraction of sp³-hybridized carbons (Fsp3) is 0.125. The van der Waals surface area contributed by atoms with Crippen LogP contribution in [0.5, 0.6) is 0 Å². The Hall–Kier alpha value is -1.33. The second kappa shape index (κ2) is 4.78. The summed E-state index contributed by atoms with van der Waals surface area (Å²) >= 11 is 5.68. The van der Waals surface area contributed by atoms with Crippen LogP contribution in [0.15, 0.2) is 18.2 Å². The first-order valence-electron chi connectivity index (χ1n) is 3.71. The van der Waals surface area contributed by atoms with Crippen LogP contribution in [0.25, 0.3) is 0 Å². The summed E-state index contributed by atoms with van der Waals surface area (Å²) in [4.78, 5) is 14.9. The van der Waals surface area contributed by atoms with Crippen molar-refractivity contribution in [1.82, 2.24) is 5.48 Å². The molecule has 0 radical (unpaired) electrons. The highest BCUT2D eigenvalue weighted by atomic mass is 35.5. The molecular weight excluding hydrogens is 211 g/mol. The Balaban J connectivity index is 2.55. The predicted octanol–water partition coefficient (Wildman–Crippen LogP) is 1.58. The van der Waals surface area contributed by atoms with E-state index in [2.05, 4.69) is 4.84 Å². The van der Waals surface area contributed by atoms with Crippen molar-refractivity contribution < 1.29 is 14.0 Å². The number of nitrogens with two attached hydrogens (primary N) is 1. The third-order valence-electron chi connectivity index (χ3n) is 1.42. The first-order valence-corrected chi connectivity index (χ1v) is 4.08. The summed E-state index contributed by atoms with van der Waals surface area (Å²) in [5.74, 6) is -0.429. The fourth-order valence-corrected chi connectivity index (χ4v) is 1.05. The molecule has 1 rings (SSSR count). The lowest BCUT2D eigenvalue weighted by Gasteiger charge is -2.04. The number of carbonyl (C=O) groups excluding carboxylic acids is 1. The van der Waals surface area contributed by atoms with E-state index >= 15 is 0 Å². The fourth-order valence-electron chi connectivity index (χ4n) is 0.824. The summed E-state index contributed by atoms with van der Waals surface area (Å²) in [6, 6.07) is 3.06. The van der Waals surface area contributed by atoms with E-state index < -0.39 is 11.8 Å². The van der Waals surface area contributed by atoms with E-state index in [0.717, 1.165) is 6.07 Å². The quantitative estimate of drug-likeness (QED) is 0.757. The number of rotatable bonds is 3. The van der Waals surface area contributed by atoms with Gasteiger partial charge in [-0.05, 0) is 17.7 Å². The van der Waals surface area contributed by atoms with Gasteiger partial charge in [-0.1, -0.05) is 17.7 Å². The van der Waals surface area contributed by atoms with Crippen LogP contribution in [0, 0.1) is 5.82 Å². The van der Waals surface area contributed by atoms with Crippen LogP contribution >= 0.6 is 11.6 Å². The average Bonchev–Trinajstić information content (AvgIpc) is 2.08. The number of hydrogen-bond donors (Lipinski definition) is 2. The van der Waals surface area contributed by atoms with E-state index in [1.165, 1.54) is 12.1 Å². The average molecular weight is 219 g/mol. The highest BCUT2D eigenvalue weighted by molar-refractivity contribution is 6.31. The lowest BCUT2D eigenvalue weighted by atomic mass is 10.2. The van der Waals surface area contributed by atoms with Gasteiger partial charge in [-0.15, -0.1) is 0 Å². The Morgan fingerprint density at radius 3 is 2.93 bits per heavy atom. The maximum atomic E-state index is 12.6. The molecule has 4 nitrogen and oxygen atoms in total. The van der Waals surface area contributed by atoms with Crippen molar-refractivity contribution in [2.24, 2.45) is 5.73 Å². The number of urea groups is 1. The Morgan fingerprint density at radius 1 is 1.64 bits per heavy atom. The molecule has 6 heteroatoms. The topological polar surface area (TPSA) is 64.4 Å². The Bertz CT molecular complexity index is 346. The summed E-state index contributed by atoms with van der Waals surface area (Å²) < 4.78 is 12.6. The molecule has 1 aromatic rings. The molecule has 0 unspecified atom stereocenters. The van der Waals surface area contributed by atoms with E-state index in [1.807, 2.05) is 5.48 Å². The number of nitrogens with one attached hydrogen (secondary N) is 1. The molecule has 0 bridgehead atoms. The molecule has 0 spiro atoms. The van der Waals surface area contributed by atoms with Crippen molar-refractivity contribution in [2.75, 3.05) is 0 Å². The van der Waals surface area contributed by atoms with Crippen molar-refractivity contribution in [3.63, 3.8) is 0 Å². The van der Waals surface area contributed by atoms with Gasteiger partial charge in [0.25, 0.3) is 0 Å². The molecule has 0 aliphatic rings. The van der Waals surface area contributed by atoms with Gasteiger partial charge in [-0.3, -0.25) is 4.84 Å². The van der Waals surface area contributed by atoms with Gasteiger partial charge < -0.3 is 5.73 Å². The van der Waals surface area contributed by atoms with Gasteiger partial charge in [0.1, 0.15) is 12.4 Å². The first-order chi connectivity index (χ1) is 6.59. The molecule has 0 aliphatic carbocycles. The second-order valence-corrected chi connectivity index (χ2v) is 2.90. The predicted molar refractivity (Wildman–Crippen MR) is 48.9 cm³/mol. The van der Waals surface area contributed by atoms with Gasteiger partial charge in [0, 0.05) is 5.02 Å². The zero-order valence-electron chi connectivity index (χ0n) is 7.09. The Kier molecular flexibility index (Phi) is 3.67. The van der Waals surface area contributed by atoms with E-state index in [-0.39, 0.29) is 11.6 Å². The van der Waals surface area contributed by atoms with Crippen molar-refractivity contribution in [1.29, 1.82) is 0 Å². The van der Waals surface area contributed by atoms with Gasteiger partial charge >= 0.3 is 6.03 Å². The van der Waals surface area contributed by atoms with Gasteiger partial charge in [0.05, 0.1) is 0 Å². The number of halogens is 2. The minimum atomic E-state index is -0.803. The van der Waals surface area contributed by atoms with Crippen LogP contribution in [0.2, 0.25) is 5.02 Å². The van der Waals surface area contributed by atoms with Gasteiger partial charge in [-0.2, -0.15) is 0 Å². The number of hydroxylamine groups is 1. The summed E-state index contributed by atoms with van der Waals surface area (Å²) in [5.41, 5.74) is 7.23. The molecule has 0 aromatic heterocycles. The van der Waals surface area contributed by atoms with Crippen LogP contribution in [0.1, 0.15) is 5.56 Å². The third kappa shape index (κ3) is 3.20. The summed E-state index contributed by atoms with van der Waals surface area (Å²) in [6.07, 6.45) is 0. The van der Waals surface area contributed by atoms with Gasteiger partial charge in [0.2, 0.25) is 0 Å². The summed E-state index contributed by atoms with van der Waals surface area (Å²) in [6.45, 7) is 0.0298. The molecular formula is C8H8ClFN2O2. The van der Waals surface area contributed by atoms with Crippen molar-refractivity contribution in [3.05, 3.63) is 34.6 Å². The smallest absolute Gasteiger partial charge is 0.336 e. The minimum Gasteiger partial charge on any atom is -0.350 e. The molecule has 76 valence electrons. The maximum absolute atomic E-state index is 12.6. The van der Waals surface area contributed by atoms with Gasteiger partial charge in [-0.25, -0.2) is 14.7 Å². The molecule has 0 saturated carbocycles. The molecule has 2 amide bonds. The molecule has 3 N–H and O–H groups in total. The first kappa shape index (κ1) is 10.7. The van der Waals surface area contributed by atoms with Crippen LogP contribution in [0.3, 0.4) is 0 Å². The molecule has 0 heterocycles. The molecule has 0 saturated heterocycles. The van der Waals surface area contributed by atoms with E-state index in [9.17, 15) is 9.18 Å². The van der Waals surface area contributed by atoms with E-state index in [1.54, 1.807) is 0 Å². The van der Waals surface area contributed by atoms with Crippen LogP contribution in [-0.2, 0) is 11.4 Å². The largest absolute Gasteiger partial charge is 0.350 e. The van der Waals surface area contributed by atoms with E-state index in [4.69, 9.17) is 17.3 Å². The Labute approximate surface area is 84.7 Å². The molecule has 0 aliphatic heterocycles. The monoisotopic (exact) mass is 218 g/mol. The Morgan fingerprint density at radius 2 is 2.36 bits per heavy atom. The second-order valence-electron chi connectivity index (χ2n) is 2.49. The highest BCUT2D eigenvalue weighted by Gasteiger charge is 2.02.